The molecule has 5 aromatic carbocycles. The Kier molecular flexibility index (Phi) is 32.8. The largest absolute Gasteiger partial charge is 0.495 e. The lowest BCUT2D eigenvalue weighted by molar-refractivity contribution is 0.103. The van der Waals surface area contributed by atoms with E-state index in [1.165, 1.54) is 118 Å². The number of carbonyl (C=O) groups excluding carboxylic acids is 5. The normalized spacial score (nSPS) is 11.2. The van der Waals surface area contributed by atoms with E-state index in [0.29, 0.717) is 158 Å². The monoisotopic (exact) mass is 2080 g/mol. The number of halogens is 9. The molecule has 0 atom stereocenters. The van der Waals surface area contributed by atoms with Crippen LogP contribution in [0.5, 0.6) is 11.5 Å². The van der Waals surface area contributed by atoms with Crippen LogP contribution in [0.15, 0.2) is 348 Å². The summed E-state index contributed by atoms with van der Waals surface area (Å²) < 4.78 is 64.9. The summed E-state index contributed by atoms with van der Waals surface area (Å²) >= 11 is 30.9. The van der Waals surface area contributed by atoms with Crippen LogP contribution < -0.4 is 37.3 Å². The molecule has 15 heterocycles. The second-order valence-electron chi connectivity index (χ2n) is 32.4. The van der Waals surface area contributed by atoms with E-state index < -0.39 is 80.0 Å². The zero-order valence-electron chi connectivity index (χ0n) is 77.8. The van der Waals surface area contributed by atoms with Crippen LogP contribution in [0.25, 0.3) is 141 Å². The number of aromatic amines is 5. The number of fused-ring (bicyclic) bond motifs is 5. The lowest BCUT2D eigenvalue weighted by atomic mass is 9.94. The molecule has 36 heteroatoms. The minimum Gasteiger partial charge on any atom is -0.495 e. The highest BCUT2D eigenvalue weighted by Gasteiger charge is 2.28. The summed E-state index contributed by atoms with van der Waals surface area (Å²) in [4.78, 5) is 183. The van der Waals surface area contributed by atoms with Gasteiger partial charge in [0.05, 0.1) is 96.3 Å². The van der Waals surface area contributed by atoms with Gasteiger partial charge in [0.1, 0.15) is 34.8 Å². The van der Waals surface area contributed by atoms with E-state index in [9.17, 15) is 65.5 Å². The molecule has 0 aliphatic heterocycles. The van der Waals surface area contributed by atoms with Crippen molar-refractivity contribution in [2.45, 2.75) is 6.92 Å². The van der Waals surface area contributed by atoms with Crippen molar-refractivity contribution in [3.05, 3.63) is 486 Å². The minimum atomic E-state index is -0.656. The zero-order chi connectivity index (χ0) is 105. The molecule has 0 aliphatic carbocycles. The van der Waals surface area contributed by atoms with Crippen LogP contribution in [0.1, 0.15) is 85.6 Å². The van der Waals surface area contributed by atoms with E-state index in [4.69, 9.17) is 67.5 Å². The molecule has 20 aromatic rings. The minimum absolute atomic E-state index is 0.00741. The average Bonchev–Trinajstić information content (AvgIpc) is 0.770. The van der Waals surface area contributed by atoms with Gasteiger partial charge in [-0.2, -0.15) is 0 Å². The third-order valence-corrected chi connectivity index (χ3v) is 23.5. The molecule has 0 amide bonds. The summed E-state index contributed by atoms with van der Waals surface area (Å²) in [7, 11) is 3.02. The molecule has 149 heavy (non-hydrogen) atoms. The first-order valence-corrected chi connectivity index (χ1v) is 46.4. The number of aryl methyl sites for hydroxylation is 1. The highest BCUT2D eigenvalue weighted by molar-refractivity contribution is 6.34. The van der Waals surface area contributed by atoms with E-state index in [2.05, 4.69) is 74.8 Å². The number of hydrogen-bond donors (Lipinski definition) is 5. The van der Waals surface area contributed by atoms with Crippen LogP contribution in [0, 0.1) is 30.2 Å². The first-order chi connectivity index (χ1) is 72.0. The van der Waals surface area contributed by atoms with Gasteiger partial charge in [-0.15, -0.1) is 0 Å². The summed E-state index contributed by atoms with van der Waals surface area (Å²) in [5.74, 6) is -3.96. The molecule has 0 radical (unpaired) electrons. The highest BCUT2D eigenvalue weighted by Crippen LogP contribution is 2.40. The van der Waals surface area contributed by atoms with Gasteiger partial charge in [0.25, 0.3) is 27.8 Å². The Morgan fingerprint density at radius 1 is 0.275 bits per heavy atom. The number of nitrogens with one attached hydrogen (secondary N) is 5. The zero-order valence-corrected chi connectivity index (χ0v) is 81.5. The number of rotatable bonds is 22. The number of methoxy groups -OCH3 is 2. The first-order valence-electron chi connectivity index (χ1n) is 44.5. The fourth-order valence-corrected chi connectivity index (χ4v) is 16.7. The Morgan fingerprint density at radius 2 is 0.517 bits per heavy atom. The maximum Gasteiger partial charge on any atom is 0.260 e. The maximum atomic E-state index is 13.9. The standard InChI is InChI=1S/C23H15ClFN3O3.C23H16ClN3O3.C23H16ClN3O2.C22H12ClF2N3O2.C22H13ClFN3O2/c1-31-17-7-14(10-27-12-17)21-18-8-15(24)3-4-19(18)28-23(30)22(21)20(29)5-2-13-6-16(25)11-26-9-13;1-30-17-10-14(12-25-13-17)21-18-11-15(24)5-7-19(18)27-23(29)22(21)20(28)8-6-16-4-2-3-9-26-16;1-14-10-15(13-25-12-14)21-18-11-16(24)5-7-19(18)27-23(29)22(21)20(28)8-6-17-4-2-3-9-26-17;23-14-2-3-18-17(7-14)20(13-6-16(25)11-27-9-13)21(22(30)28-18)19(29)4-1-12-5-15(24)10-26-8-12;23-14-4-6-18-17(10-14)20(13-9-15(24)12-25-11-13)21(22(29)27-18)19(28)7-5-16-3-1-2-8-26-16/h2-12H,1H3,(H,28,30);2-13H,1H3,(H,27,29);2-13H,1H3,(H,27,29);1-11H,(H,28,30);1-12H,(H,27,29)/b5-2+;2*8-6+;4-1+;7-5+. The predicted octanol–water partition coefficient (Wildman–Crippen LogP) is 23.6. The third-order valence-electron chi connectivity index (χ3n) is 22.3. The number of benzene rings is 5. The Hall–Kier alpha value is -18.5. The van der Waals surface area contributed by atoms with Crippen LogP contribution >= 0.6 is 58.0 Å². The van der Waals surface area contributed by atoms with E-state index >= 15 is 0 Å². The van der Waals surface area contributed by atoms with Crippen LogP contribution in [0.2, 0.25) is 25.1 Å². The number of H-pyrrole nitrogens is 5. The van der Waals surface area contributed by atoms with Crippen LogP contribution in [0.4, 0.5) is 17.6 Å². The Labute approximate surface area is 865 Å². The molecule has 27 nitrogen and oxygen atoms in total. The Balaban J connectivity index is 0.000000133. The van der Waals surface area contributed by atoms with Gasteiger partial charge in [0.2, 0.25) is 0 Å². The molecule has 0 aliphatic rings. The number of nitrogens with zero attached hydrogens (tertiary/aromatic N) is 10. The molecular formula is C113H72Cl5F4N15O12. The fourth-order valence-electron chi connectivity index (χ4n) is 15.8. The average molecular weight is 2090 g/mol. The number of ether oxygens (including phenoxy) is 2. The smallest absolute Gasteiger partial charge is 0.260 e. The lowest BCUT2D eigenvalue weighted by Gasteiger charge is -2.12. The number of aromatic nitrogens is 15. The van der Waals surface area contributed by atoms with E-state index in [1.807, 2.05) is 25.1 Å². The third kappa shape index (κ3) is 25.1. The van der Waals surface area contributed by atoms with E-state index in [1.54, 1.807) is 201 Å². The molecule has 0 saturated carbocycles. The van der Waals surface area contributed by atoms with Gasteiger partial charge in [-0.1, -0.05) is 76.2 Å². The number of allylic oxidation sites excluding steroid dienone is 5. The van der Waals surface area contributed by atoms with Gasteiger partial charge in [-0.3, -0.25) is 97.8 Å². The lowest BCUT2D eigenvalue weighted by Crippen LogP contribution is -2.18. The molecule has 0 saturated heterocycles. The van der Waals surface area contributed by atoms with Gasteiger partial charge in [0.15, 0.2) is 28.9 Å². The fraction of sp³-hybridized carbons (Fsp3) is 0.0265. The molecule has 15 aromatic heterocycles. The SMILES string of the molecule is COc1cncc(-c2c(C(=O)/C=C/c3ccccn3)c(=O)[nH]c3ccc(Cl)cc23)c1.COc1cncc(-c2c(C(=O)/C=C/c3cncc(F)c3)c(=O)[nH]c3ccc(Cl)cc23)c1.Cc1cncc(-c2c(C(=O)/C=C/c3ccccn3)c(=O)[nH]c3ccc(Cl)cc23)c1.O=C(/C=C/c1ccccn1)c1c(-c2cncc(F)c2)c2cc(Cl)ccc2[nH]c1=O.O=C(/C=C/c1cncc(F)c1)c1c(-c2cncc(F)c2)c2cc(Cl)ccc2[nH]c1=O. The van der Waals surface area contributed by atoms with Gasteiger partial charge in [-0.05, 0) is 254 Å². The van der Waals surface area contributed by atoms with Crippen molar-refractivity contribution in [3.63, 3.8) is 0 Å². The van der Waals surface area contributed by atoms with Crippen molar-refractivity contribution in [2.75, 3.05) is 14.2 Å². The second kappa shape index (κ2) is 47.3. The van der Waals surface area contributed by atoms with E-state index in [0.717, 1.165) is 36.4 Å². The second-order valence-corrected chi connectivity index (χ2v) is 34.5. The summed E-state index contributed by atoms with van der Waals surface area (Å²) in [6.07, 6.45) is 37.8. The van der Waals surface area contributed by atoms with Gasteiger partial charge in [-0.25, -0.2) is 17.6 Å². The van der Waals surface area contributed by atoms with E-state index in [-0.39, 0.29) is 44.5 Å². The van der Waals surface area contributed by atoms with Crippen LogP contribution in [-0.4, -0.2) is 118 Å². The molecule has 20 rings (SSSR count). The Bertz CT molecular complexity index is 8970. The number of pyridine rings is 15. The van der Waals surface area contributed by atoms with Crippen molar-refractivity contribution >= 4 is 172 Å². The number of hydrogen-bond acceptors (Lipinski definition) is 22. The molecule has 0 spiro atoms. The predicted molar refractivity (Wildman–Crippen MR) is 570 cm³/mol. The molecule has 734 valence electrons. The molecule has 0 unspecified atom stereocenters. The van der Waals surface area contributed by atoms with Crippen molar-refractivity contribution in [1.82, 2.24) is 74.8 Å². The summed E-state index contributed by atoms with van der Waals surface area (Å²) in [6, 6.07) is 51.0. The first kappa shape index (κ1) is 103. The summed E-state index contributed by atoms with van der Waals surface area (Å²) in [6.45, 7) is 1.90. The van der Waals surface area contributed by atoms with Crippen molar-refractivity contribution in [3.8, 4) is 67.1 Å². The number of carbonyl (C=O) groups is 5. The highest BCUT2D eigenvalue weighted by atomic mass is 35.5. The summed E-state index contributed by atoms with van der Waals surface area (Å²) in [5, 5.41) is 5.08. The van der Waals surface area contributed by atoms with Crippen molar-refractivity contribution in [2.24, 2.45) is 0 Å². The van der Waals surface area contributed by atoms with Gasteiger partial charge in [0, 0.05) is 203 Å². The molecule has 5 N–H and O–H groups in total. The maximum absolute atomic E-state index is 13.9. The van der Waals surface area contributed by atoms with Gasteiger partial charge < -0.3 is 34.4 Å². The van der Waals surface area contributed by atoms with Crippen molar-refractivity contribution in [1.29, 1.82) is 0 Å². The summed E-state index contributed by atoms with van der Waals surface area (Å²) in [5.41, 5.74) is 6.97. The molecular weight excluding hydrogens is 2010 g/mol. The molecule has 0 fully saturated rings. The quantitative estimate of drug-likeness (QED) is 0.0239. The van der Waals surface area contributed by atoms with Crippen molar-refractivity contribution < 1.29 is 51.0 Å². The Morgan fingerprint density at radius 3 is 0.765 bits per heavy atom. The van der Waals surface area contributed by atoms with Gasteiger partial charge >= 0.3 is 0 Å². The topological polar surface area (TPSA) is 397 Å². The molecule has 0 bridgehead atoms. The van der Waals surface area contributed by atoms with Crippen LogP contribution in [0.3, 0.4) is 0 Å². The van der Waals surface area contributed by atoms with Crippen LogP contribution in [-0.2, 0) is 0 Å². The number of ketones is 5.